The third-order valence-electron chi connectivity index (χ3n) is 4.10. The van der Waals surface area contributed by atoms with Crippen LogP contribution in [0.2, 0.25) is 0 Å². The molecule has 0 radical (unpaired) electrons. The Morgan fingerprint density at radius 2 is 2.04 bits per heavy atom. The van der Waals surface area contributed by atoms with Gasteiger partial charge in [-0.3, -0.25) is 4.79 Å². The molecule has 0 amide bonds. The minimum absolute atomic E-state index is 0.0630. The molecule has 3 rings (SSSR count). The monoisotopic (exact) mass is 350 g/mol. The van der Waals surface area contributed by atoms with Gasteiger partial charge in [0.05, 0.1) is 11.5 Å². The Hall–Kier alpha value is -1.93. The van der Waals surface area contributed by atoms with Gasteiger partial charge in [-0.2, -0.15) is 5.10 Å². The van der Waals surface area contributed by atoms with Crippen molar-refractivity contribution in [3.05, 3.63) is 29.6 Å². The highest BCUT2D eigenvalue weighted by atomic mass is 32.2. The molecule has 0 aliphatic carbocycles. The standard InChI is InChI=1S/C16H19FN4O2S/c1-20-4-6-21(7-5-20)11-2-3-12(13(17)8-11)14-9-15(19-18-14)24-10-16(22)23/h2-3,8H,4-7,9-10H2,1H3,(H,22,23). The highest BCUT2D eigenvalue weighted by molar-refractivity contribution is 8.14. The first-order chi connectivity index (χ1) is 11.5. The van der Waals surface area contributed by atoms with Crippen LogP contribution in [0.1, 0.15) is 12.0 Å². The molecule has 0 aromatic heterocycles. The van der Waals surface area contributed by atoms with Gasteiger partial charge in [0, 0.05) is 43.9 Å². The number of carbonyl (C=O) groups is 1. The molecule has 0 unspecified atom stereocenters. The number of carboxylic acid groups (broad SMARTS) is 1. The maximum atomic E-state index is 14.5. The van der Waals surface area contributed by atoms with Crippen LogP contribution in [-0.4, -0.2) is 65.7 Å². The molecule has 1 aromatic rings. The van der Waals surface area contributed by atoms with Crippen LogP contribution in [0.3, 0.4) is 0 Å². The molecule has 1 aromatic carbocycles. The third kappa shape index (κ3) is 3.93. The highest BCUT2D eigenvalue weighted by Crippen LogP contribution is 2.24. The molecule has 0 spiro atoms. The van der Waals surface area contributed by atoms with Gasteiger partial charge in [-0.05, 0) is 25.2 Å². The maximum Gasteiger partial charge on any atom is 0.313 e. The first-order valence-electron chi connectivity index (χ1n) is 7.74. The molecule has 2 heterocycles. The number of aliphatic carboxylic acids is 1. The molecule has 24 heavy (non-hydrogen) atoms. The Morgan fingerprint density at radius 3 is 2.71 bits per heavy atom. The summed E-state index contributed by atoms with van der Waals surface area (Å²) in [6.07, 6.45) is 0.378. The van der Waals surface area contributed by atoms with Gasteiger partial charge >= 0.3 is 5.97 Å². The SMILES string of the molecule is CN1CCN(c2ccc(C3=NN=C(SCC(=O)O)C3)c(F)c2)CC1. The van der Waals surface area contributed by atoms with E-state index in [-0.39, 0.29) is 11.6 Å². The molecule has 2 aliphatic heterocycles. The Bertz CT molecular complexity index is 699. The van der Waals surface area contributed by atoms with Crippen LogP contribution < -0.4 is 4.90 Å². The maximum absolute atomic E-state index is 14.5. The number of halogens is 1. The lowest BCUT2D eigenvalue weighted by Gasteiger charge is -2.34. The first kappa shape index (κ1) is 16.9. The Labute approximate surface area is 144 Å². The lowest BCUT2D eigenvalue weighted by molar-refractivity contribution is -0.133. The quantitative estimate of drug-likeness (QED) is 0.898. The Balaban J connectivity index is 1.65. The van der Waals surface area contributed by atoms with Gasteiger partial charge in [0.15, 0.2) is 0 Å². The highest BCUT2D eigenvalue weighted by Gasteiger charge is 2.21. The van der Waals surface area contributed by atoms with Crippen LogP contribution in [0.4, 0.5) is 10.1 Å². The summed E-state index contributed by atoms with van der Waals surface area (Å²) in [4.78, 5) is 15.0. The number of anilines is 1. The van der Waals surface area contributed by atoms with Crippen molar-refractivity contribution in [1.29, 1.82) is 0 Å². The number of hydrogen-bond acceptors (Lipinski definition) is 6. The van der Waals surface area contributed by atoms with Crippen LogP contribution >= 0.6 is 11.8 Å². The van der Waals surface area contributed by atoms with Crippen molar-refractivity contribution in [2.75, 3.05) is 43.9 Å². The predicted molar refractivity (Wildman–Crippen MR) is 94.8 cm³/mol. The largest absolute Gasteiger partial charge is 0.481 e. The topological polar surface area (TPSA) is 68.5 Å². The van der Waals surface area contributed by atoms with E-state index in [4.69, 9.17) is 5.11 Å². The first-order valence-corrected chi connectivity index (χ1v) is 8.73. The Kier molecular flexibility index (Phi) is 5.15. The molecule has 1 N–H and O–H groups in total. The van der Waals surface area contributed by atoms with Crippen LogP contribution in [-0.2, 0) is 4.79 Å². The lowest BCUT2D eigenvalue weighted by Crippen LogP contribution is -2.44. The molecule has 1 saturated heterocycles. The summed E-state index contributed by atoms with van der Waals surface area (Å²) in [5, 5.41) is 17.3. The van der Waals surface area contributed by atoms with Crippen LogP contribution in [0, 0.1) is 5.82 Å². The van der Waals surface area contributed by atoms with E-state index in [9.17, 15) is 9.18 Å². The van der Waals surface area contributed by atoms with E-state index in [1.807, 2.05) is 6.07 Å². The lowest BCUT2D eigenvalue weighted by atomic mass is 10.1. The molecule has 8 heteroatoms. The zero-order chi connectivity index (χ0) is 17.1. The minimum Gasteiger partial charge on any atom is -0.481 e. The fourth-order valence-corrected chi connectivity index (χ4v) is 3.33. The summed E-state index contributed by atoms with van der Waals surface area (Å²) in [7, 11) is 2.08. The average molecular weight is 350 g/mol. The number of thioether (sulfide) groups is 1. The zero-order valence-corrected chi connectivity index (χ0v) is 14.2. The summed E-state index contributed by atoms with van der Waals surface area (Å²) in [5.74, 6) is -1.28. The summed E-state index contributed by atoms with van der Waals surface area (Å²) >= 11 is 1.12. The van der Waals surface area contributed by atoms with E-state index in [0.29, 0.717) is 22.7 Å². The van der Waals surface area contributed by atoms with E-state index < -0.39 is 5.97 Å². The zero-order valence-electron chi connectivity index (χ0n) is 13.4. The second-order valence-corrected chi connectivity index (χ2v) is 6.90. The van der Waals surface area contributed by atoms with Crippen LogP contribution in [0.25, 0.3) is 0 Å². The number of benzene rings is 1. The number of nitrogens with zero attached hydrogens (tertiary/aromatic N) is 4. The van der Waals surface area contributed by atoms with Crippen molar-refractivity contribution in [3.8, 4) is 0 Å². The predicted octanol–water partition coefficient (Wildman–Crippen LogP) is 1.90. The van der Waals surface area contributed by atoms with Gasteiger partial charge < -0.3 is 14.9 Å². The molecule has 0 saturated carbocycles. The second-order valence-electron chi connectivity index (χ2n) is 5.85. The summed E-state index contributed by atoms with van der Waals surface area (Å²) in [6.45, 7) is 3.70. The van der Waals surface area contributed by atoms with E-state index in [1.54, 1.807) is 12.1 Å². The van der Waals surface area contributed by atoms with E-state index >= 15 is 0 Å². The third-order valence-corrected chi connectivity index (χ3v) is 5.05. The second kappa shape index (κ2) is 7.31. The van der Waals surface area contributed by atoms with E-state index in [1.165, 1.54) is 0 Å². The van der Waals surface area contributed by atoms with Gasteiger partial charge in [0.2, 0.25) is 0 Å². The molecule has 128 valence electrons. The number of likely N-dealkylation sites (N-methyl/N-ethyl adjacent to an activating group) is 1. The number of piperazine rings is 1. The van der Waals surface area contributed by atoms with Crippen molar-refractivity contribution in [2.24, 2.45) is 10.2 Å². The van der Waals surface area contributed by atoms with Crippen molar-refractivity contribution in [1.82, 2.24) is 4.90 Å². The molecular weight excluding hydrogens is 331 g/mol. The fraction of sp³-hybridized carbons (Fsp3) is 0.438. The molecule has 6 nitrogen and oxygen atoms in total. The van der Waals surface area contributed by atoms with Gasteiger partial charge in [-0.25, -0.2) is 4.39 Å². The summed E-state index contributed by atoms with van der Waals surface area (Å²) < 4.78 is 14.5. The molecular formula is C16H19FN4O2S. The number of rotatable bonds is 4. The molecule has 0 bridgehead atoms. The van der Waals surface area contributed by atoms with Crippen LogP contribution in [0.15, 0.2) is 28.4 Å². The van der Waals surface area contributed by atoms with Gasteiger partial charge in [-0.15, -0.1) is 5.10 Å². The smallest absolute Gasteiger partial charge is 0.313 e. The minimum atomic E-state index is -0.904. The normalized spacial score (nSPS) is 18.5. The summed E-state index contributed by atoms with van der Waals surface area (Å²) in [6, 6.07) is 5.20. The number of hydrogen-bond donors (Lipinski definition) is 1. The van der Waals surface area contributed by atoms with Crippen molar-refractivity contribution >= 4 is 34.2 Å². The molecule has 2 aliphatic rings. The average Bonchev–Trinajstić information content (AvgIpc) is 3.02. The van der Waals surface area contributed by atoms with E-state index in [2.05, 4.69) is 27.1 Å². The Morgan fingerprint density at radius 1 is 1.29 bits per heavy atom. The fourth-order valence-electron chi connectivity index (χ4n) is 2.70. The van der Waals surface area contributed by atoms with Gasteiger partial charge in [0.1, 0.15) is 10.9 Å². The van der Waals surface area contributed by atoms with Gasteiger partial charge in [-0.1, -0.05) is 11.8 Å². The van der Waals surface area contributed by atoms with Crippen LogP contribution in [0.5, 0.6) is 0 Å². The van der Waals surface area contributed by atoms with Crippen molar-refractivity contribution < 1.29 is 14.3 Å². The van der Waals surface area contributed by atoms with E-state index in [0.717, 1.165) is 43.6 Å². The van der Waals surface area contributed by atoms with Gasteiger partial charge in [0.25, 0.3) is 0 Å². The number of carboxylic acids is 1. The van der Waals surface area contributed by atoms with Crippen molar-refractivity contribution in [3.63, 3.8) is 0 Å². The van der Waals surface area contributed by atoms with Crippen molar-refractivity contribution in [2.45, 2.75) is 6.42 Å². The molecule has 0 atom stereocenters. The molecule has 1 fully saturated rings. The summed E-state index contributed by atoms with van der Waals surface area (Å²) in [5.41, 5.74) is 1.86.